The van der Waals surface area contributed by atoms with Crippen molar-refractivity contribution in [1.29, 1.82) is 0 Å². The van der Waals surface area contributed by atoms with E-state index in [-0.39, 0.29) is 11.0 Å². The minimum Gasteiger partial charge on any atom is -0.330 e. The number of aryl methyl sites for hydroxylation is 2. The van der Waals surface area contributed by atoms with E-state index >= 15 is 0 Å². The molecule has 0 aliphatic heterocycles. The molecule has 2 heteroatoms. The van der Waals surface area contributed by atoms with Crippen LogP contribution < -0.4 is 11.1 Å². The molecular formula is C17H30N2. The third-order valence-corrected chi connectivity index (χ3v) is 3.89. The third kappa shape index (κ3) is 4.63. The molecule has 0 aliphatic rings. The average molecular weight is 262 g/mol. The quantitative estimate of drug-likeness (QED) is 0.825. The molecule has 3 N–H and O–H groups in total. The van der Waals surface area contributed by atoms with Gasteiger partial charge in [-0.15, -0.1) is 0 Å². The lowest BCUT2D eigenvalue weighted by molar-refractivity contribution is 0.325. The highest BCUT2D eigenvalue weighted by molar-refractivity contribution is 5.35. The van der Waals surface area contributed by atoms with Crippen LogP contribution in [0.15, 0.2) is 18.2 Å². The Morgan fingerprint density at radius 1 is 1.11 bits per heavy atom. The van der Waals surface area contributed by atoms with Gasteiger partial charge in [0.1, 0.15) is 0 Å². The molecule has 19 heavy (non-hydrogen) atoms. The van der Waals surface area contributed by atoms with Crippen molar-refractivity contribution < 1.29 is 0 Å². The zero-order valence-electron chi connectivity index (χ0n) is 13.4. The molecule has 0 unspecified atom stereocenters. The molecule has 0 saturated heterocycles. The molecule has 0 aliphatic carbocycles. The zero-order chi connectivity index (χ0) is 14.7. The summed E-state index contributed by atoms with van der Waals surface area (Å²) in [6.45, 7) is 15.1. The molecule has 0 fully saturated rings. The predicted molar refractivity (Wildman–Crippen MR) is 84.7 cm³/mol. The van der Waals surface area contributed by atoms with Gasteiger partial charge in [-0.25, -0.2) is 0 Å². The molecule has 0 heterocycles. The van der Waals surface area contributed by atoms with Gasteiger partial charge in [0.25, 0.3) is 0 Å². The van der Waals surface area contributed by atoms with Gasteiger partial charge in [0.2, 0.25) is 0 Å². The lowest BCUT2D eigenvalue weighted by atomic mass is 9.80. The summed E-state index contributed by atoms with van der Waals surface area (Å²) in [5.74, 6) is 0. The number of hydrogen-bond donors (Lipinski definition) is 2. The molecule has 0 aromatic heterocycles. The van der Waals surface area contributed by atoms with Crippen LogP contribution in [0.25, 0.3) is 0 Å². The average Bonchev–Trinajstić information content (AvgIpc) is 2.26. The number of hydrogen-bond acceptors (Lipinski definition) is 2. The van der Waals surface area contributed by atoms with Crippen LogP contribution in [0.5, 0.6) is 0 Å². The fourth-order valence-electron chi connectivity index (χ4n) is 2.58. The first-order valence-electron chi connectivity index (χ1n) is 7.21. The van der Waals surface area contributed by atoms with Gasteiger partial charge in [0.15, 0.2) is 0 Å². The van der Waals surface area contributed by atoms with E-state index in [1.165, 1.54) is 16.7 Å². The first-order valence-corrected chi connectivity index (χ1v) is 7.21. The third-order valence-electron chi connectivity index (χ3n) is 3.89. The van der Waals surface area contributed by atoms with E-state index in [0.29, 0.717) is 0 Å². The summed E-state index contributed by atoms with van der Waals surface area (Å²) in [5.41, 5.74) is 10.0. The lowest BCUT2D eigenvalue weighted by Crippen LogP contribution is -2.46. The second-order valence-corrected chi connectivity index (χ2v) is 6.98. The summed E-state index contributed by atoms with van der Waals surface area (Å²) in [5, 5.41) is 3.66. The van der Waals surface area contributed by atoms with Crippen molar-refractivity contribution in [3.8, 4) is 0 Å². The minimum atomic E-state index is 0.102. The van der Waals surface area contributed by atoms with E-state index in [9.17, 15) is 0 Å². The Labute approximate surface area is 118 Å². The van der Waals surface area contributed by atoms with Crippen LogP contribution in [-0.2, 0) is 5.41 Å². The van der Waals surface area contributed by atoms with Crippen LogP contribution in [0.2, 0.25) is 0 Å². The topological polar surface area (TPSA) is 38.0 Å². The van der Waals surface area contributed by atoms with Crippen molar-refractivity contribution in [3.05, 3.63) is 34.9 Å². The van der Waals surface area contributed by atoms with E-state index in [1.54, 1.807) is 0 Å². The molecule has 0 bridgehead atoms. The SMILES string of the molecule is Cc1ccc(C(C)(C)CNC(C)(C)CCN)c(C)c1. The van der Waals surface area contributed by atoms with Crippen molar-refractivity contribution in [2.45, 2.75) is 58.9 Å². The summed E-state index contributed by atoms with van der Waals surface area (Å²) in [7, 11) is 0. The van der Waals surface area contributed by atoms with Crippen molar-refractivity contribution in [3.63, 3.8) is 0 Å². The smallest absolute Gasteiger partial charge is 0.0137 e. The van der Waals surface area contributed by atoms with Crippen LogP contribution in [0.3, 0.4) is 0 Å². The van der Waals surface area contributed by atoms with E-state index < -0.39 is 0 Å². The first kappa shape index (κ1) is 16.2. The Morgan fingerprint density at radius 2 is 1.74 bits per heavy atom. The van der Waals surface area contributed by atoms with Gasteiger partial charge < -0.3 is 11.1 Å². The van der Waals surface area contributed by atoms with Crippen LogP contribution in [0, 0.1) is 13.8 Å². The van der Waals surface area contributed by atoms with E-state index in [4.69, 9.17) is 5.73 Å². The normalized spacial score (nSPS) is 12.8. The minimum absolute atomic E-state index is 0.102. The fraction of sp³-hybridized carbons (Fsp3) is 0.647. The Kier molecular flexibility index (Phi) is 5.17. The van der Waals surface area contributed by atoms with Gasteiger partial charge >= 0.3 is 0 Å². The largest absolute Gasteiger partial charge is 0.330 e. The molecule has 1 rings (SSSR count). The van der Waals surface area contributed by atoms with Crippen LogP contribution in [0.4, 0.5) is 0 Å². The van der Waals surface area contributed by atoms with Gasteiger partial charge in [0, 0.05) is 17.5 Å². The van der Waals surface area contributed by atoms with E-state index in [1.807, 2.05) is 0 Å². The molecule has 1 aromatic rings. The Morgan fingerprint density at radius 3 is 2.26 bits per heavy atom. The summed E-state index contributed by atoms with van der Waals surface area (Å²) in [6, 6.07) is 6.74. The Bertz CT molecular complexity index is 419. The summed E-state index contributed by atoms with van der Waals surface area (Å²) in [4.78, 5) is 0. The standard InChI is InChI=1S/C17H30N2/c1-13-7-8-15(14(2)11-13)16(3,4)12-19-17(5,6)9-10-18/h7-8,11,19H,9-10,12,18H2,1-6H3. The number of nitrogens with two attached hydrogens (primary N) is 1. The highest BCUT2D eigenvalue weighted by Gasteiger charge is 2.25. The molecule has 2 nitrogen and oxygen atoms in total. The maximum absolute atomic E-state index is 5.67. The number of benzene rings is 1. The van der Waals surface area contributed by atoms with Crippen molar-refractivity contribution in [1.82, 2.24) is 5.32 Å². The molecule has 1 aromatic carbocycles. The molecule has 108 valence electrons. The maximum atomic E-state index is 5.67. The second-order valence-electron chi connectivity index (χ2n) is 6.98. The lowest BCUT2D eigenvalue weighted by Gasteiger charge is -2.34. The molecule has 0 saturated carbocycles. The van der Waals surface area contributed by atoms with E-state index in [2.05, 4.69) is 65.1 Å². The fourth-order valence-corrected chi connectivity index (χ4v) is 2.58. The summed E-state index contributed by atoms with van der Waals surface area (Å²) in [6.07, 6.45) is 0.996. The van der Waals surface area contributed by atoms with Gasteiger partial charge in [0.05, 0.1) is 0 Å². The molecule has 0 spiro atoms. The second kappa shape index (κ2) is 6.06. The molecule has 0 atom stereocenters. The summed E-state index contributed by atoms with van der Waals surface area (Å²) < 4.78 is 0. The van der Waals surface area contributed by atoms with Crippen LogP contribution >= 0.6 is 0 Å². The molecular weight excluding hydrogens is 232 g/mol. The van der Waals surface area contributed by atoms with Gasteiger partial charge in [-0.3, -0.25) is 0 Å². The maximum Gasteiger partial charge on any atom is 0.0137 e. The van der Waals surface area contributed by atoms with Crippen molar-refractivity contribution >= 4 is 0 Å². The Hall–Kier alpha value is -0.860. The zero-order valence-corrected chi connectivity index (χ0v) is 13.4. The predicted octanol–water partition coefficient (Wildman–Crippen LogP) is 3.30. The first-order chi connectivity index (χ1) is 8.68. The van der Waals surface area contributed by atoms with Gasteiger partial charge in [-0.2, -0.15) is 0 Å². The molecule has 0 amide bonds. The number of rotatable bonds is 6. The number of nitrogens with one attached hydrogen (secondary N) is 1. The monoisotopic (exact) mass is 262 g/mol. The van der Waals surface area contributed by atoms with Crippen LogP contribution in [-0.4, -0.2) is 18.6 Å². The Balaban J connectivity index is 2.80. The molecule has 0 radical (unpaired) electrons. The van der Waals surface area contributed by atoms with Crippen molar-refractivity contribution in [2.75, 3.05) is 13.1 Å². The summed E-state index contributed by atoms with van der Waals surface area (Å²) >= 11 is 0. The van der Waals surface area contributed by atoms with Gasteiger partial charge in [-0.05, 0) is 51.8 Å². The van der Waals surface area contributed by atoms with E-state index in [0.717, 1.165) is 19.5 Å². The van der Waals surface area contributed by atoms with Crippen LogP contribution in [0.1, 0.15) is 50.8 Å². The van der Waals surface area contributed by atoms with Gasteiger partial charge in [-0.1, -0.05) is 37.6 Å². The van der Waals surface area contributed by atoms with Crippen molar-refractivity contribution in [2.24, 2.45) is 5.73 Å². The highest BCUT2D eigenvalue weighted by Crippen LogP contribution is 2.27. The highest BCUT2D eigenvalue weighted by atomic mass is 15.0.